The summed E-state index contributed by atoms with van der Waals surface area (Å²) in [6, 6.07) is 10.7. The normalized spacial score (nSPS) is 10.8. The molecule has 0 aliphatic carbocycles. The first kappa shape index (κ1) is 20.8. The van der Waals surface area contributed by atoms with Crippen molar-refractivity contribution in [2.75, 3.05) is 14.2 Å². The number of hydrogen-bond acceptors (Lipinski definition) is 7. The number of carbonyl (C=O) groups excluding carboxylic acids is 1. The van der Waals surface area contributed by atoms with Crippen molar-refractivity contribution in [3.8, 4) is 22.8 Å². The van der Waals surface area contributed by atoms with Gasteiger partial charge in [0.05, 0.1) is 31.1 Å². The van der Waals surface area contributed by atoms with Crippen molar-refractivity contribution in [1.82, 2.24) is 15.6 Å². The molecule has 2 aromatic carbocycles. The number of rotatable bonds is 7. The van der Waals surface area contributed by atoms with E-state index in [9.17, 15) is 14.9 Å². The third-order valence-electron chi connectivity index (χ3n) is 4.06. The quantitative estimate of drug-likeness (QED) is 0.336. The highest BCUT2D eigenvalue weighted by Gasteiger charge is 2.13. The van der Waals surface area contributed by atoms with E-state index < -0.39 is 10.8 Å². The molecule has 0 saturated heterocycles. The monoisotopic (exact) mass is 429 g/mol. The largest absolute Gasteiger partial charge is 0.493 e. The second-order valence-electron chi connectivity index (χ2n) is 5.90. The van der Waals surface area contributed by atoms with Gasteiger partial charge in [-0.2, -0.15) is 10.2 Å². The average Bonchev–Trinajstić information content (AvgIpc) is 3.24. The number of ether oxygens (including phenoxy) is 2. The number of nitrogens with zero attached hydrogens (tertiary/aromatic N) is 3. The van der Waals surface area contributed by atoms with Gasteiger partial charge in [0.2, 0.25) is 0 Å². The van der Waals surface area contributed by atoms with Crippen LogP contribution in [0.25, 0.3) is 11.3 Å². The fourth-order valence-electron chi connectivity index (χ4n) is 2.55. The number of nitro benzene ring substituents is 1. The number of non-ortho nitro benzene ring substituents is 1. The lowest BCUT2D eigenvalue weighted by Crippen LogP contribution is -2.18. The number of hydrogen-bond donors (Lipinski definition) is 2. The van der Waals surface area contributed by atoms with E-state index in [1.165, 1.54) is 38.6 Å². The number of hydrazone groups is 1. The summed E-state index contributed by atoms with van der Waals surface area (Å²) in [5.41, 5.74) is 3.88. The zero-order valence-corrected chi connectivity index (χ0v) is 16.6. The van der Waals surface area contributed by atoms with Gasteiger partial charge in [0, 0.05) is 28.3 Å². The Morgan fingerprint density at radius 1 is 1.20 bits per heavy atom. The fourth-order valence-corrected chi connectivity index (χ4v) is 2.71. The van der Waals surface area contributed by atoms with Crippen LogP contribution in [-0.4, -0.2) is 41.5 Å². The van der Waals surface area contributed by atoms with Crippen LogP contribution >= 0.6 is 11.6 Å². The Balaban J connectivity index is 1.72. The maximum absolute atomic E-state index is 12.3. The van der Waals surface area contributed by atoms with Crippen molar-refractivity contribution in [2.24, 2.45) is 5.10 Å². The number of H-pyrrole nitrogens is 1. The third-order valence-corrected chi connectivity index (χ3v) is 4.41. The van der Waals surface area contributed by atoms with Gasteiger partial charge in [-0.05, 0) is 30.3 Å². The molecule has 0 bridgehead atoms. The molecule has 0 fully saturated rings. The summed E-state index contributed by atoms with van der Waals surface area (Å²) in [7, 11) is 3.06. The smallest absolute Gasteiger partial charge is 0.289 e. The zero-order chi connectivity index (χ0) is 21.7. The van der Waals surface area contributed by atoms with Crippen LogP contribution in [0.2, 0.25) is 5.02 Å². The summed E-state index contributed by atoms with van der Waals surface area (Å²) in [6.07, 6.45) is 1.22. The highest BCUT2D eigenvalue weighted by atomic mass is 35.5. The molecule has 0 unspecified atom stereocenters. The number of carbonyl (C=O) groups is 1. The molecule has 1 aromatic heterocycles. The van der Waals surface area contributed by atoms with E-state index in [0.717, 1.165) is 5.56 Å². The van der Waals surface area contributed by atoms with Crippen molar-refractivity contribution in [2.45, 2.75) is 0 Å². The third kappa shape index (κ3) is 4.55. The van der Waals surface area contributed by atoms with Gasteiger partial charge in [-0.3, -0.25) is 20.0 Å². The van der Waals surface area contributed by atoms with E-state index >= 15 is 0 Å². The first-order valence-electron chi connectivity index (χ1n) is 8.48. The maximum atomic E-state index is 12.3. The average molecular weight is 430 g/mol. The molecular formula is C19H16ClN5O5. The minimum Gasteiger partial charge on any atom is -0.493 e. The predicted molar refractivity (Wildman–Crippen MR) is 110 cm³/mol. The van der Waals surface area contributed by atoms with E-state index in [4.69, 9.17) is 21.1 Å². The van der Waals surface area contributed by atoms with Crippen LogP contribution in [0.1, 0.15) is 16.1 Å². The molecule has 0 radical (unpaired) electrons. The number of amides is 1. The summed E-state index contributed by atoms with van der Waals surface area (Å²) in [6.45, 7) is 0. The molecule has 0 atom stereocenters. The van der Waals surface area contributed by atoms with Crippen LogP contribution in [0.4, 0.5) is 5.69 Å². The Morgan fingerprint density at radius 3 is 2.67 bits per heavy atom. The van der Waals surface area contributed by atoms with Crippen LogP contribution in [-0.2, 0) is 0 Å². The van der Waals surface area contributed by atoms with Gasteiger partial charge in [0.1, 0.15) is 5.69 Å². The second-order valence-corrected chi connectivity index (χ2v) is 6.31. The molecule has 2 N–H and O–H groups in total. The number of aromatic nitrogens is 2. The number of aromatic amines is 1. The Hall–Kier alpha value is -3.92. The molecule has 30 heavy (non-hydrogen) atoms. The van der Waals surface area contributed by atoms with Gasteiger partial charge < -0.3 is 9.47 Å². The number of nitrogens with one attached hydrogen (secondary N) is 2. The highest BCUT2D eigenvalue weighted by Crippen LogP contribution is 2.31. The second kappa shape index (κ2) is 9.05. The van der Waals surface area contributed by atoms with Gasteiger partial charge in [-0.15, -0.1) is 0 Å². The predicted octanol–water partition coefficient (Wildman–Crippen LogP) is 3.42. The molecule has 1 amide bonds. The van der Waals surface area contributed by atoms with Crippen molar-refractivity contribution < 1.29 is 19.2 Å². The SMILES string of the molecule is COc1ccc(-c2cc(C(=O)NN=Cc3cc([N+](=O)[O-])ccc3Cl)[nH]n2)cc1OC. The zero-order valence-electron chi connectivity index (χ0n) is 15.9. The number of nitro groups is 1. The van der Waals surface area contributed by atoms with Crippen LogP contribution < -0.4 is 14.9 Å². The Bertz CT molecular complexity index is 1130. The van der Waals surface area contributed by atoms with E-state index in [-0.39, 0.29) is 16.4 Å². The van der Waals surface area contributed by atoms with Crippen molar-refractivity contribution in [3.05, 3.63) is 68.9 Å². The summed E-state index contributed by atoms with van der Waals surface area (Å²) in [4.78, 5) is 22.6. The lowest BCUT2D eigenvalue weighted by Gasteiger charge is -2.08. The maximum Gasteiger partial charge on any atom is 0.289 e. The fraction of sp³-hybridized carbons (Fsp3) is 0.105. The van der Waals surface area contributed by atoms with Crippen LogP contribution in [0.5, 0.6) is 11.5 Å². The Labute approximate surface area is 175 Å². The molecule has 0 saturated carbocycles. The molecule has 1 heterocycles. The molecule has 11 heteroatoms. The number of halogens is 1. The molecular weight excluding hydrogens is 414 g/mol. The van der Waals surface area contributed by atoms with Gasteiger partial charge >= 0.3 is 0 Å². The van der Waals surface area contributed by atoms with Crippen molar-refractivity contribution in [3.63, 3.8) is 0 Å². The Kier molecular flexibility index (Phi) is 6.28. The molecule has 154 valence electrons. The number of methoxy groups -OCH3 is 2. The first-order valence-corrected chi connectivity index (χ1v) is 8.86. The number of benzene rings is 2. The van der Waals surface area contributed by atoms with Crippen molar-refractivity contribution in [1.29, 1.82) is 0 Å². The highest BCUT2D eigenvalue weighted by molar-refractivity contribution is 6.33. The van der Waals surface area contributed by atoms with Crippen LogP contribution in [0, 0.1) is 10.1 Å². The lowest BCUT2D eigenvalue weighted by atomic mass is 10.1. The molecule has 0 aliphatic rings. The molecule has 3 rings (SSSR count). The van der Waals surface area contributed by atoms with E-state index in [0.29, 0.717) is 22.8 Å². The summed E-state index contributed by atoms with van der Waals surface area (Å²) in [5.74, 6) is 0.554. The Morgan fingerprint density at radius 2 is 1.97 bits per heavy atom. The molecule has 10 nitrogen and oxygen atoms in total. The summed E-state index contributed by atoms with van der Waals surface area (Å²) < 4.78 is 10.5. The van der Waals surface area contributed by atoms with E-state index in [1.807, 2.05) is 0 Å². The minimum atomic E-state index is -0.549. The molecule has 0 aliphatic heterocycles. The van der Waals surface area contributed by atoms with Crippen LogP contribution in [0.3, 0.4) is 0 Å². The summed E-state index contributed by atoms with van der Waals surface area (Å²) >= 11 is 5.99. The molecule has 0 spiro atoms. The summed E-state index contributed by atoms with van der Waals surface area (Å²) in [5, 5.41) is 21.7. The lowest BCUT2D eigenvalue weighted by molar-refractivity contribution is -0.384. The minimum absolute atomic E-state index is 0.139. The van der Waals surface area contributed by atoms with Crippen molar-refractivity contribution >= 4 is 29.4 Å². The standard InChI is InChI=1S/C19H16ClN5O5/c1-29-17-6-3-11(8-18(17)30-2)15-9-16(23-22-15)19(26)24-21-10-12-7-13(25(27)28)4-5-14(12)20/h3-10H,1-2H3,(H,22,23)(H,24,26). The van der Waals surface area contributed by atoms with Gasteiger partial charge in [0.15, 0.2) is 11.5 Å². The molecule has 3 aromatic rings. The van der Waals surface area contributed by atoms with Gasteiger partial charge in [-0.1, -0.05) is 11.6 Å². The van der Waals surface area contributed by atoms with Crippen LogP contribution in [0.15, 0.2) is 47.6 Å². The van der Waals surface area contributed by atoms with Gasteiger partial charge in [0.25, 0.3) is 11.6 Å². The van der Waals surface area contributed by atoms with E-state index in [2.05, 4.69) is 20.7 Å². The topological polar surface area (TPSA) is 132 Å². The van der Waals surface area contributed by atoms with Gasteiger partial charge in [-0.25, -0.2) is 5.43 Å². The first-order chi connectivity index (χ1) is 14.4. The van der Waals surface area contributed by atoms with E-state index in [1.54, 1.807) is 24.3 Å².